The number of nitrogens with two attached hydrogens (primary N) is 1. The fourth-order valence-corrected chi connectivity index (χ4v) is 1.26. The summed E-state index contributed by atoms with van der Waals surface area (Å²) in [4.78, 5) is 11.3. The number of halogens is 3. The van der Waals surface area contributed by atoms with E-state index in [4.69, 9.17) is 5.73 Å². The lowest BCUT2D eigenvalue weighted by Gasteiger charge is -2.09. The lowest BCUT2D eigenvalue weighted by Crippen LogP contribution is -2.14. The third kappa shape index (κ3) is 4.44. The van der Waals surface area contributed by atoms with Gasteiger partial charge in [-0.25, -0.2) is 0 Å². The SMILES string of the molecule is NCCCC(=O)Nc1cccc(C(F)(F)F)c1. The number of nitrogens with one attached hydrogen (secondary N) is 1. The van der Waals surface area contributed by atoms with Crippen LogP contribution in [0.2, 0.25) is 0 Å². The third-order valence-corrected chi connectivity index (χ3v) is 2.08. The van der Waals surface area contributed by atoms with Gasteiger partial charge in [0.15, 0.2) is 0 Å². The molecule has 17 heavy (non-hydrogen) atoms. The summed E-state index contributed by atoms with van der Waals surface area (Å²) in [6.45, 7) is 0.371. The molecule has 1 amide bonds. The van der Waals surface area contributed by atoms with E-state index in [0.717, 1.165) is 12.1 Å². The summed E-state index contributed by atoms with van der Waals surface area (Å²) < 4.78 is 37.1. The molecule has 0 fully saturated rings. The second-order valence-electron chi connectivity index (χ2n) is 3.52. The molecule has 0 spiro atoms. The van der Waals surface area contributed by atoms with Crippen LogP contribution in [0.15, 0.2) is 24.3 Å². The van der Waals surface area contributed by atoms with E-state index < -0.39 is 11.7 Å². The van der Waals surface area contributed by atoms with Crippen molar-refractivity contribution in [1.82, 2.24) is 0 Å². The maximum atomic E-state index is 12.4. The standard InChI is InChI=1S/C11H13F3N2O/c12-11(13,14)8-3-1-4-9(7-8)16-10(17)5-2-6-15/h1,3-4,7H,2,5-6,15H2,(H,16,17). The van der Waals surface area contributed by atoms with Crippen molar-refractivity contribution in [1.29, 1.82) is 0 Å². The quantitative estimate of drug-likeness (QED) is 0.857. The molecular formula is C11H13F3N2O. The van der Waals surface area contributed by atoms with Crippen LogP contribution in [0.1, 0.15) is 18.4 Å². The first kappa shape index (κ1) is 13.5. The van der Waals surface area contributed by atoms with E-state index >= 15 is 0 Å². The van der Waals surface area contributed by atoms with E-state index in [1.165, 1.54) is 12.1 Å². The number of carbonyl (C=O) groups excluding carboxylic acids is 1. The monoisotopic (exact) mass is 246 g/mol. The Morgan fingerprint density at radius 2 is 2.06 bits per heavy atom. The van der Waals surface area contributed by atoms with Gasteiger partial charge in [0, 0.05) is 12.1 Å². The number of carbonyl (C=O) groups is 1. The summed E-state index contributed by atoms with van der Waals surface area (Å²) in [5, 5.41) is 2.39. The van der Waals surface area contributed by atoms with Crippen molar-refractivity contribution in [3.8, 4) is 0 Å². The van der Waals surface area contributed by atoms with Gasteiger partial charge >= 0.3 is 6.18 Å². The Morgan fingerprint density at radius 3 is 2.65 bits per heavy atom. The van der Waals surface area contributed by atoms with Gasteiger partial charge in [-0.2, -0.15) is 13.2 Å². The highest BCUT2D eigenvalue weighted by molar-refractivity contribution is 5.90. The molecule has 0 unspecified atom stereocenters. The number of alkyl halides is 3. The molecule has 94 valence electrons. The van der Waals surface area contributed by atoms with Crippen LogP contribution in [0, 0.1) is 0 Å². The molecule has 0 aromatic heterocycles. The Labute approximate surface area is 96.8 Å². The van der Waals surface area contributed by atoms with Crippen LogP contribution in [0.3, 0.4) is 0 Å². The first-order chi connectivity index (χ1) is 7.93. The van der Waals surface area contributed by atoms with Crippen LogP contribution < -0.4 is 11.1 Å². The zero-order valence-electron chi connectivity index (χ0n) is 9.05. The van der Waals surface area contributed by atoms with Crippen LogP contribution in [0.4, 0.5) is 18.9 Å². The van der Waals surface area contributed by atoms with Crippen LogP contribution >= 0.6 is 0 Å². The second-order valence-corrected chi connectivity index (χ2v) is 3.52. The van der Waals surface area contributed by atoms with E-state index in [0.29, 0.717) is 13.0 Å². The number of rotatable bonds is 4. The predicted molar refractivity (Wildman–Crippen MR) is 58.4 cm³/mol. The van der Waals surface area contributed by atoms with Crippen molar-refractivity contribution in [3.63, 3.8) is 0 Å². The summed E-state index contributed by atoms with van der Waals surface area (Å²) in [7, 11) is 0. The Balaban J connectivity index is 2.69. The topological polar surface area (TPSA) is 55.1 Å². The van der Waals surface area contributed by atoms with E-state index in [9.17, 15) is 18.0 Å². The van der Waals surface area contributed by atoms with E-state index in [2.05, 4.69) is 5.32 Å². The Morgan fingerprint density at radius 1 is 1.35 bits per heavy atom. The second kappa shape index (κ2) is 5.67. The summed E-state index contributed by atoms with van der Waals surface area (Å²) >= 11 is 0. The number of benzene rings is 1. The molecule has 3 nitrogen and oxygen atoms in total. The largest absolute Gasteiger partial charge is 0.416 e. The molecular weight excluding hydrogens is 233 g/mol. The number of anilines is 1. The maximum Gasteiger partial charge on any atom is 0.416 e. The molecule has 6 heteroatoms. The van der Waals surface area contributed by atoms with E-state index in [-0.39, 0.29) is 18.0 Å². The van der Waals surface area contributed by atoms with Gasteiger partial charge in [-0.05, 0) is 31.2 Å². The fourth-order valence-electron chi connectivity index (χ4n) is 1.26. The summed E-state index contributed by atoms with van der Waals surface area (Å²) in [6, 6.07) is 4.52. The van der Waals surface area contributed by atoms with Gasteiger partial charge in [-0.15, -0.1) is 0 Å². The minimum absolute atomic E-state index is 0.141. The van der Waals surface area contributed by atoms with Crippen LogP contribution in [0.25, 0.3) is 0 Å². The minimum atomic E-state index is -4.40. The van der Waals surface area contributed by atoms with Gasteiger partial charge in [0.2, 0.25) is 5.91 Å². The lowest BCUT2D eigenvalue weighted by molar-refractivity contribution is -0.137. The average Bonchev–Trinajstić information content (AvgIpc) is 2.25. The molecule has 0 aliphatic heterocycles. The Kier molecular flexibility index (Phi) is 4.51. The maximum absolute atomic E-state index is 12.4. The fraction of sp³-hybridized carbons (Fsp3) is 0.364. The van der Waals surface area contributed by atoms with Gasteiger partial charge in [-0.1, -0.05) is 6.07 Å². The van der Waals surface area contributed by atoms with Gasteiger partial charge in [0.1, 0.15) is 0 Å². The zero-order chi connectivity index (χ0) is 12.9. The normalized spacial score (nSPS) is 11.3. The summed E-state index contributed by atoms with van der Waals surface area (Å²) in [6.07, 6.45) is -3.70. The molecule has 1 rings (SSSR count). The minimum Gasteiger partial charge on any atom is -0.330 e. The number of hydrogen-bond donors (Lipinski definition) is 2. The van der Waals surface area contributed by atoms with Crippen LogP contribution in [0.5, 0.6) is 0 Å². The molecule has 0 radical (unpaired) electrons. The molecule has 0 atom stereocenters. The number of hydrogen-bond acceptors (Lipinski definition) is 2. The average molecular weight is 246 g/mol. The zero-order valence-corrected chi connectivity index (χ0v) is 9.05. The smallest absolute Gasteiger partial charge is 0.330 e. The first-order valence-corrected chi connectivity index (χ1v) is 5.10. The first-order valence-electron chi connectivity index (χ1n) is 5.10. The van der Waals surface area contributed by atoms with Gasteiger partial charge in [0.05, 0.1) is 5.56 Å². The molecule has 1 aromatic rings. The third-order valence-electron chi connectivity index (χ3n) is 2.08. The highest BCUT2D eigenvalue weighted by atomic mass is 19.4. The summed E-state index contributed by atoms with van der Waals surface area (Å²) in [5.74, 6) is -0.338. The molecule has 0 heterocycles. The lowest BCUT2D eigenvalue weighted by atomic mass is 10.2. The van der Waals surface area contributed by atoms with Crippen molar-refractivity contribution >= 4 is 11.6 Å². The Hall–Kier alpha value is -1.56. The van der Waals surface area contributed by atoms with Crippen molar-refractivity contribution in [2.75, 3.05) is 11.9 Å². The van der Waals surface area contributed by atoms with Crippen LogP contribution in [-0.2, 0) is 11.0 Å². The highest BCUT2D eigenvalue weighted by Crippen LogP contribution is 2.30. The number of amides is 1. The molecule has 1 aromatic carbocycles. The molecule has 0 saturated carbocycles. The van der Waals surface area contributed by atoms with E-state index in [1.807, 2.05) is 0 Å². The van der Waals surface area contributed by atoms with E-state index in [1.54, 1.807) is 0 Å². The van der Waals surface area contributed by atoms with Crippen molar-refractivity contribution < 1.29 is 18.0 Å². The summed E-state index contributed by atoms with van der Waals surface area (Å²) in [5.41, 5.74) is 4.58. The highest BCUT2D eigenvalue weighted by Gasteiger charge is 2.30. The van der Waals surface area contributed by atoms with Crippen molar-refractivity contribution in [3.05, 3.63) is 29.8 Å². The van der Waals surface area contributed by atoms with Gasteiger partial charge in [0.25, 0.3) is 0 Å². The molecule has 3 N–H and O–H groups in total. The van der Waals surface area contributed by atoms with Crippen molar-refractivity contribution in [2.24, 2.45) is 5.73 Å². The molecule has 0 aliphatic rings. The Bertz CT molecular complexity index is 391. The van der Waals surface area contributed by atoms with Gasteiger partial charge in [-0.3, -0.25) is 4.79 Å². The predicted octanol–water partition coefficient (Wildman–Crippen LogP) is 2.38. The van der Waals surface area contributed by atoms with Crippen molar-refractivity contribution in [2.45, 2.75) is 19.0 Å². The molecule has 0 aliphatic carbocycles. The van der Waals surface area contributed by atoms with Crippen LogP contribution in [-0.4, -0.2) is 12.5 Å². The molecule has 0 saturated heterocycles. The van der Waals surface area contributed by atoms with Gasteiger partial charge < -0.3 is 11.1 Å². The molecule has 0 bridgehead atoms.